The number of ether oxygens (including phenoxy) is 1. The van der Waals surface area contributed by atoms with Gasteiger partial charge in [-0.15, -0.1) is 11.8 Å². The molecule has 0 heterocycles. The van der Waals surface area contributed by atoms with Crippen LogP contribution in [-0.2, 0) is 5.75 Å². The number of halogens is 2. The lowest BCUT2D eigenvalue weighted by atomic mass is 10.1. The van der Waals surface area contributed by atoms with E-state index in [0.717, 1.165) is 16.9 Å². The third-order valence-electron chi connectivity index (χ3n) is 4.06. The van der Waals surface area contributed by atoms with Gasteiger partial charge in [-0.3, -0.25) is 4.79 Å². The van der Waals surface area contributed by atoms with E-state index < -0.39 is 0 Å². The number of carbonyl (C=O) groups excluding carboxylic acids is 1. The van der Waals surface area contributed by atoms with Gasteiger partial charge in [0.15, 0.2) is 5.78 Å². The summed E-state index contributed by atoms with van der Waals surface area (Å²) in [6.07, 6.45) is 1.87. The number of rotatable bonds is 7. The molecule has 3 rings (SSSR count). The number of benzene rings is 3. The Morgan fingerprint density at radius 1 is 0.929 bits per heavy atom. The predicted molar refractivity (Wildman–Crippen MR) is 120 cm³/mol. The number of Topliss-reactive ketones (excluding diaryl/α,β-unsaturated/α-hetero) is 1. The Kier molecular flexibility index (Phi) is 7.21. The molecule has 142 valence electrons. The number of ketones is 1. The second-order valence-corrected chi connectivity index (χ2v) is 7.89. The van der Waals surface area contributed by atoms with Gasteiger partial charge < -0.3 is 4.74 Å². The molecule has 0 saturated heterocycles. The summed E-state index contributed by atoms with van der Waals surface area (Å²) in [5, 5.41) is 1.29. The van der Waals surface area contributed by atoms with E-state index in [1.807, 2.05) is 54.6 Å². The first-order valence-corrected chi connectivity index (χ1v) is 10.3. The average Bonchev–Trinajstić information content (AvgIpc) is 2.72. The Labute approximate surface area is 179 Å². The summed E-state index contributed by atoms with van der Waals surface area (Å²) in [6.45, 7) is 0. The van der Waals surface area contributed by atoms with E-state index in [4.69, 9.17) is 27.9 Å². The lowest BCUT2D eigenvalue weighted by Gasteiger charge is -2.10. The molecular weight excluding hydrogens is 411 g/mol. The van der Waals surface area contributed by atoms with Crippen molar-refractivity contribution in [2.75, 3.05) is 7.11 Å². The normalized spacial score (nSPS) is 11.3. The smallest absolute Gasteiger partial charge is 0.199 e. The van der Waals surface area contributed by atoms with Crippen LogP contribution in [0.3, 0.4) is 0 Å². The minimum Gasteiger partial charge on any atom is -0.496 e. The van der Waals surface area contributed by atoms with Gasteiger partial charge in [0.2, 0.25) is 0 Å². The third-order valence-corrected chi connectivity index (χ3v) is 5.66. The fourth-order valence-corrected chi connectivity index (χ4v) is 3.81. The van der Waals surface area contributed by atoms with Gasteiger partial charge in [-0.1, -0.05) is 53.5 Å². The first-order valence-electron chi connectivity index (χ1n) is 8.59. The molecule has 0 aromatic heterocycles. The van der Waals surface area contributed by atoms with E-state index >= 15 is 0 Å². The fourth-order valence-electron chi connectivity index (χ4n) is 2.58. The Hall–Kier alpha value is -2.20. The van der Waals surface area contributed by atoms with Gasteiger partial charge in [0, 0.05) is 26.9 Å². The summed E-state index contributed by atoms with van der Waals surface area (Å²) in [4.78, 5) is 13.8. The minimum absolute atomic E-state index is 0.0541. The van der Waals surface area contributed by atoms with Crippen molar-refractivity contribution in [1.82, 2.24) is 0 Å². The number of carbonyl (C=O) groups is 1. The Bertz CT molecular complexity index is 980. The van der Waals surface area contributed by atoms with Crippen molar-refractivity contribution in [3.8, 4) is 5.75 Å². The summed E-state index contributed by atoms with van der Waals surface area (Å²) >= 11 is 13.4. The zero-order valence-electron chi connectivity index (χ0n) is 15.2. The van der Waals surface area contributed by atoms with Gasteiger partial charge in [0.25, 0.3) is 0 Å². The molecule has 0 fully saturated rings. The molecule has 0 bridgehead atoms. The minimum atomic E-state index is -0.0541. The van der Waals surface area contributed by atoms with Crippen LogP contribution in [0.5, 0.6) is 5.75 Å². The van der Waals surface area contributed by atoms with Gasteiger partial charge in [-0.25, -0.2) is 0 Å². The monoisotopic (exact) mass is 428 g/mol. The Balaban J connectivity index is 1.92. The number of methoxy groups -OCH3 is 1. The molecule has 0 spiro atoms. The quantitative estimate of drug-likeness (QED) is 0.294. The highest BCUT2D eigenvalue weighted by Gasteiger charge is 2.15. The molecule has 0 saturated carbocycles. The highest BCUT2D eigenvalue weighted by Crippen LogP contribution is 2.30. The fraction of sp³-hybridized carbons (Fsp3) is 0.0870. The molecular formula is C23H18Cl2O2S. The van der Waals surface area contributed by atoms with Gasteiger partial charge in [0.05, 0.1) is 12.0 Å². The molecule has 2 nitrogen and oxygen atoms in total. The topological polar surface area (TPSA) is 26.3 Å². The number of hydrogen-bond acceptors (Lipinski definition) is 3. The predicted octanol–water partition coefficient (Wildman–Crippen LogP) is 7.16. The molecule has 0 unspecified atom stereocenters. The molecule has 0 radical (unpaired) electrons. The van der Waals surface area contributed by atoms with E-state index in [1.54, 1.807) is 31.4 Å². The second-order valence-electron chi connectivity index (χ2n) is 6.00. The molecule has 3 aromatic carbocycles. The van der Waals surface area contributed by atoms with Crippen molar-refractivity contribution in [2.45, 2.75) is 5.75 Å². The maximum absolute atomic E-state index is 13.1. The number of allylic oxidation sites excluding steroid dienone is 1. The summed E-state index contributed by atoms with van der Waals surface area (Å²) in [7, 11) is 1.62. The average molecular weight is 429 g/mol. The molecule has 0 aliphatic heterocycles. The zero-order valence-corrected chi connectivity index (χ0v) is 17.5. The molecule has 5 heteroatoms. The largest absolute Gasteiger partial charge is 0.496 e. The molecule has 3 aromatic rings. The van der Waals surface area contributed by atoms with Crippen molar-refractivity contribution in [1.29, 1.82) is 0 Å². The number of hydrogen-bond donors (Lipinski definition) is 0. The Morgan fingerprint density at radius 3 is 2.18 bits per heavy atom. The van der Waals surface area contributed by atoms with Crippen LogP contribution in [0.4, 0.5) is 0 Å². The summed E-state index contributed by atoms with van der Waals surface area (Å²) in [6, 6.07) is 22.2. The van der Waals surface area contributed by atoms with Crippen LogP contribution in [0.25, 0.3) is 6.08 Å². The van der Waals surface area contributed by atoms with Crippen LogP contribution in [0.2, 0.25) is 10.0 Å². The van der Waals surface area contributed by atoms with Crippen LogP contribution in [-0.4, -0.2) is 12.9 Å². The van der Waals surface area contributed by atoms with Gasteiger partial charge in [-0.2, -0.15) is 0 Å². The highest BCUT2D eigenvalue weighted by molar-refractivity contribution is 8.03. The summed E-state index contributed by atoms with van der Waals surface area (Å²) in [5.74, 6) is 1.31. The van der Waals surface area contributed by atoms with Crippen LogP contribution in [0.1, 0.15) is 21.5 Å². The third kappa shape index (κ3) is 5.41. The maximum Gasteiger partial charge on any atom is 0.199 e. The van der Waals surface area contributed by atoms with Crippen LogP contribution in [0.15, 0.2) is 77.7 Å². The standard InChI is InChI=1S/C23H18Cl2O2S/c1-27-21-5-3-2-4-18(21)14-22(23(26)17-8-12-20(25)13-9-17)28-15-16-6-10-19(24)11-7-16/h2-14H,15H2,1H3/b22-14+. The second kappa shape index (κ2) is 9.83. The van der Waals surface area contributed by atoms with E-state index in [9.17, 15) is 4.79 Å². The lowest BCUT2D eigenvalue weighted by Crippen LogP contribution is -2.01. The van der Waals surface area contributed by atoms with E-state index in [1.165, 1.54) is 11.8 Å². The van der Waals surface area contributed by atoms with Gasteiger partial charge in [-0.05, 0) is 54.1 Å². The maximum atomic E-state index is 13.1. The Morgan fingerprint density at radius 2 is 1.54 bits per heavy atom. The van der Waals surface area contributed by atoms with Crippen molar-refractivity contribution in [3.05, 3.63) is 104 Å². The SMILES string of the molecule is COc1ccccc1/C=C(/SCc1ccc(Cl)cc1)C(=O)c1ccc(Cl)cc1. The van der Waals surface area contributed by atoms with Crippen molar-refractivity contribution in [3.63, 3.8) is 0 Å². The molecule has 0 atom stereocenters. The first-order chi connectivity index (χ1) is 13.6. The molecule has 0 amide bonds. The van der Waals surface area contributed by atoms with Gasteiger partial charge in [0.1, 0.15) is 5.75 Å². The molecule has 0 N–H and O–H groups in total. The van der Waals surface area contributed by atoms with Gasteiger partial charge >= 0.3 is 0 Å². The van der Waals surface area contributed by atoms with Crippen LogP contribution < -0.4 is 4.74 Å². The highest BCUT2D eigenvalue weighted by atomic mass is 35.5. The molecule has 0 aliphatic carbocycles. The molecule has 28 heavy (non-hydrogen) atoms. The van der Waals surface area contributed by atoms with E-state index in [-0.39, 0.29) is 5.78 Å². The van der Waals surface area contributed by atoms with E-state index in [0.29, 0.717) is 26.3 Å². The lowest BCUT2D eigenvalue weighted by molar-refractivity contribution is 0.104. The number of thioether (sulfide) groups is 1. The van der Waals surface area contributed by atoms with Crippen molar-refractivity contribution >= 4 is 46.8 Å². The first kappa shape index (κ1) is 20.5. The van der Waals surface area contributed by atoms with Crippen LogP contribution in [0, 0.1) is 0 Å². The van der Waals surface area contributed by atoms with E-state index in [2.05, 4.69) is 0 Å². The van der Waals surface area contributed by atoms with Crippen molar-refractivity contribution < 1.29 is 9.53 Å². The van der Waals surface area contributed by atoms with Crippen molar-refractivity contribution in [2.24, 2.45) is 0 Å². The number of para-hydroxylation sites is 1. The zero-order chi connectivity index (χ0) is 19.9. The summed E-state index contributed by atoms with van der Waals surface area (Å²) in [5.41, 5.74) is 2.53. The summed E-state index contributed by atoms with van der Waals surface area (Å²) < 4.78 is 5.43. The van der Waals surface area contributed by atoms with Crippen LogP contribution >= 0.6 is 35.0 Å². The molecule has 0 aliphatic rings.